The summed E-state index contributed by atoms with van der Waals surface area (Å²) in [5.74, 6) is -2.08. The van der Waals surface area contributed by atoms with Gasteiger partial charge in [0.2, 0.25) is 0 Å². The topological polar surface area (TPSA) is 102 Å². The van der Waals surface area contributed by atoms with Crippen LogP contribution >= 0.6 is 0 Å². The molecule has 0 spiro atoms. The Kier molecular flexibility index (Phi) is 5.63. The van der Waals surface area contributed by atoms with Crippen molar-refractivity contribution in [2.45, 2.75) is 31.9 Å². The summed E-state index contributed by atoms with van der Waals surface area (Å²) in [5.41, 5.74) is 4.30. The normalized spacial score (nSPS) is 14.4. The molecule has 0 heterocycles. The molecule has 2 atom stereocenters. The van der Waals surface area contributed by atoms with E-state index in [1.165, 1.54) is 13.8 Å². The van der Waals surface area contributed by atoms with Gasteiger partial charge in [-0.05, 0) is 29.2 Å². The monoisotopic (exact) mass is 383 g/mol. The number of benzene rings is 2. The lowest BCUT2D eigenvalue weighted by Gasteiger charge is -2.21. The van der Waals surface area contributed by atoms with E-state index in [-0.39, 0.29) is 12.5 Å². The number of carboxylic acid groups (broad SMARTS) is 1. The highest BCUT2D eigenvalue weighted by Crippen LogP contribution is 2.44. The van der Waals surface area contributed by atoms with E-state index < -0.39 is 30.2 Å². The maximum atomic E-state index is 12.2. The third-order valence-corrected chi connectivity index (χ3v) is 4.70. The zero-order valence-corrected chi connectivity index (χ0v) is 15.5. The number of aliphatic carboxylic acids is 1. The highest BCUT2D eigenvalue weighted by atomic mass is 16.6. The van der Waals surface area contributed by atoms with Crippen molar-refractivity contribution in [1.82, 2.24) is 5.32 Å². The average Bonchev–Trinajstić information content (AvgIpc) is 2.97. The van der Waals surface area contributed by atoms with E-state index in [0.717, 1.165) is 22.3 Å². The van der Waals surface area contributed by atoms with E-state index in [0.29, 0.717) is 0 Å². The number of carbonyl (C=O) groups excluding carboxylic acids is 2. The van der Waals surface area contributed by atoms with Gasteiger partial charge < -0.3 is 19.9 Å². The van der Waals surface area contributed by atoms with Crippen molar-refractivity contribution in [2.75, 3.05) is 6.61 Å². The summed E-state index contributed by atoms with van der Waals surface area (Å²) in [4.78, 5) is 34.6. The lowest BCUT2D eigenvalue weighted by atomic mass is 9.98. The molecule has 2 aromatic carbocycles. The Bertz CT molecular complexity index is 864. The fourth-order valence-electron chi connectivity index (χ4n) is 3.48. The summed E-state index contributed by atoms with van der Waals surface area (Å²) in [6.07, 6.45) is -1.91. The summed E-state index contributed by atoms with van der Waals surface area (Å²) < 4.78 is 10.2. The second kappa shape index (κ2) is 8.12. The van der Waals surface area contributed by atoms with Crippen LogP contribution in [0.2, 0.25) is 0 Å². The van der Waals surface area contributed by atoms with Crippen molar-refractivity contribution in [1.29, 1.82) is 0 Å². The van der Waals surface area contributed by atoms with Gasteiger partial charge in [0, 0.05) is 12.8 Å². The van der Waals surface area contributed by atoms with Crippen LogP contribution in [-0.2, 0) is 19.1 Å². The number of hydrogen-bond donors (Lipinski definition) is 2. The fraction of sp³-hybridized carbons (Fsp3) is 0.286. The van der Waals surface area contributed by atoms with Crippen molar-refractivity contribution in [3.63, 3.8) is 0 Å². The first-order valence-electron chi connectivity index (χ1n) is 8.90. The fourth-order valence-corrected chi connectivity index (χ4v) is 3.48. The van der Waals surface area contributed by atoms with Gasteiger partial charge in [-0.25, -0.2) is 9.59 Å². The summed E-state index contributed by atoms with van der Waals surface area (Å²) >= 11 is 0. The zero-order chi connectivity index (χ0) is 20.3. The number of alkyl carbamates (subject to hydrolysis) is 1. The molecule has 0 bridgehead atoms. The number of carbonyl (C=O) groups is 3. The number of ether oxygens (including phenoxy) is 2. The Morgan fingerprint density at radius 1 is 1.04 bits per heavy atom. The van der Waals surface area contributed by atoms with Gasteiger partial charge in [0.1, 0.15) is 12.7 Å². The molecule has 0 saturated heterocycles. The van der Waals surface area contributed by atoms with Gasteiger partial charge >= 0.3 is 18.0 Å². The van der Waals surface area contributed by atoms with E-state index in [9.17, 15) is 19.5 Å². The van der Waals surface area contributed by atoms with Crippen molar-refractivity contribution in [3.8, 4) is 11.1 Å². The molecule has 146 valence electrons. The summed E-state index contributed by atoms with van der Waals surface area (Å²) in [5, 5.41) is 11.5. The standard InChI is InChI=1S/C21H21NO6/c1-12(28-13(2)23)19(20(24)25)22-21(26)27-11-18-16-9-5-3-7-14(16)15-8-4-6-10-17(15)18/h3-10,12,18-19H,11H2,1-2H3,(H,22,26)(H,24,25)/t12-,19+/m1/s1. The minimum Gasteiger partial charge on any atom is -0.480 e. The number of hydrogen-bond acceptors (Lipinski definition) is 5. The smallest absolute Gasteiger partial charge is 0.407 e. The van der Waals surface area contributed by atoms with Gasteiger partial charge in [0.25, 0.3) is 0 Å². The molecule has 1 aliphatic carbocycles. The second-order valence-corrected chi connectivity index (χ2v) is 6.60. The van der Waals surface area contributed by atoms with Crippen molar-refractivity contribution in [3.05, 3.63) is 59.7 Å². The molecule has 3 rings (SSSR count). The van der Waals surface area contributed by atoms with Crippen LogP contribution in [0, 0.1) is 0 Å². The number of nitrogens with one attached hydrogen (secondary N) is 1. The summed E-state index contributed by atoms with van der Waals surface area (Å²) in [7, 11) is 0. The van der Waals surface area contributed by atoms with Gasteiger partial charge in [0.05, 0.1) is 0 Å². The SMILES string of the molecule is CC(=O)O[C@H](C)[C@H](NC(=O)OCC1c2ccccc2-c2ccccc21)C(=O)O. The molecular weight excluding hydrogens is 362 g/mol. The number of fused-ring (bicyclic) bond motifs is 3. The van der Waals surface area contributed by atoms with Gasteiger partial charge in [-0.1, -0.05) is 48.5 Å². The first kappa shape index (κ1) is 19.4. The first-order valence-corrected chi connectivity index (χ1v) is 8.90. The van der Waals surface area contributed by atoms with Gasteiger partial charge in [-0.3, -0.25) is 4.79 Å². The van der Waals surface area contributed by atoms with Crippen LogP contribution in [0.5, 0.6) is 0 Å². The molecule has 0 fully saturated rings. The van der Waals surface area contributed by atoms with Crippen molar-refractivity contribution >= 4 is 18.0 Å². The van der Waals surface area contributed by atoms with E-state index in [4.69, 9.17) is 9.47 Å². The molecule has 28 heavy (non-hydrogen) atoms. The molecule has 0 radical (unpaired) electrons. The first-order chi connectivity index (χ1) is 13.4. The quantitative estimate of drug-likeness (QED) is 0.744. The Hall–Kier alpha value is -3.35. The van der Waals surface area contributed by atoms with E-state index in [1.807, 2.05) is 48.5 Å². The van der Waals surface area contributed by atoms with Gasteiger partial charge in [-0.2, -0.15) is 0 Å². The van der Waals surface area contributed by atoms with Crippen LogP contribution in [0.15, 0.2) is 48.5 Å². The molecule has 2 aromatic rings. The minimum absolute atomic E-state index is 0.0636. The molecule has 0 aliphatic heterocycles. The molecule has 2 N–H and O–H groups in total. The second-order valence-electron chi connectivity index (χ2n) is 6.60. The van der Waals surface area contributed by atoms with Crippen molar-refractivity contribution in [2.24, 2.45) is 0 Å². The summed E-state index contributed by atoms with van der Waals surface area (Å²) in [6, 6.07) is 14.4. The van der Waals surface area contributed by atoms with E-state index in [1.54, 1.807) is 0 Å². The highest BCUT2D eigenvalue weighted by Gasteiger charge is 2.32. The van der Waals surface area contributed by atoms with Gasteiger partial charge in [-0.15, -0.1) is 0 Å². The number of rotatable bonds is 6. The Labute approximate surface area is 162 Å². The molecular formula is C21H21NO6. The average molecular weight is 383 g/mol. The lowest BCUT2D eigenvalue weighted by molar-refractivity contribution is -0.152. The minimum atomic E-state index is -1.40. The predicted octanol–water partition coefficient (Wildman–Crippen LogP) is 2.93. The van der Waals surface area contributed by atoms with Gasteiger partial charge in [0.15, 0.2) is 6.04 Å². The Morgan fingerprint density at radius 2 is 1.57 bits per heavy atom. The molecule has 1 aliphatic rings. The van der Waals surface area contributed by atoms with Crippen LogP contribution < -0.4 is 5.32 Å². The number of esters is 1. The molecule has 0 unspecified atom stereocenters. The highest BCUT2D eigenvalue weighted by molar-refractivity contribution is 5.82. The zero-order valence-electron chi connectivity index (χ0n) is 15.5. The van der Waals surface area contributed by atoms with E-state index >= 15 is 0 Å². The molecule has 7 nitrogen and oxygen atoms in total. The van der Waals surface area contributed by atoms with E-state index in [2.05, 4.69) is 5.32 Å². The Balaban J connectivity index is 1.69. The predicted molar refractivity (Wildman–Crippen MR) is 101 cm³/mol. The lowest BCUT2D eigenvalue weighted by Crippen LogP contribution is -2.49. The maximum Gasteiger partial charge on any atom is 0.407 e. The molecule has 1 amide bonds. The van der Waals surface area contributed by atoms with Crippen molar-refractivity contribution < 1.29 is 29.0 Å². The number of carboxylic acids is 1. The molecule has 0 saturated carbocycles. The largest absolute Gasteiger partial charge is 0.480 e. The molecule has 0 aromatic heterocycles. The maximum absolute atomic E-state index is 12.2. The van der Waals surface area contributed by atoms with Crippen LogP contribution in [0.4, 0.5) is 4.79 Å². The van der Waals surface area contributed by atoms with Crippen LogP contribution in [0.3, 0.4) is 0 Å². The Morgan fingerprint density at radius 3 is 2.07 bits per heavy atom. The summed E-state index contributed by atoms with van der Waals surface area (Å²) in [6.45, 7) is 2.63. The van der Waals surface area contributed by atoms with Crippen LogP contribution in [-0.4, -0.2) is 41.9 Å². The van der Waals surface area contributed by atoms with Crippen LogP contribution in [0.1, 0.15) is 30.9 Å². The number of amides is 1. The van der Waals surface area contributed by atoms with Crippen LogP contribution in [0.25, 0.3) is 11.1 Å². The third kappa shape index (κ3) is 3.98. The molecule has 7 heteroatoms. The third-order valence-electron chi connectivity index (χ3n) is 4.70.